The fourth-order valence-corrected chi connectivity index (χ4v) is 2.57. The van der Waals surface area contributed by atoms with Crippen molar-refractivity contribution in [3.05, 3.63) is 71.2 Å². The van der Waals surface area contributed by atoms with Crippen LogP contribution in [0, 0.1) is 0 Å². The molecule has 0 aliphatic carbocycles. The number of carbonyl (C=O) groups excluding carboxylic acids is 2. The number of esters is 1. The van der Waals surface area contributed by atoms with Crippen molar-refractivity contribution < 1.29 is 14.3 Å². The van der Waals surface area contributed by atoms with Crippen molar-refractivity contribution in [2.45, 2.75) is 0 Å². The van der Waals surface area contributed by atoms with Gasteiger partial charge < -0.3 is 15.8 Å². The zero-order chi connectivity index (χ0) is 17.8. The molecule has 0 aliphatic heterocycles. The SMILES string of the molecule is Nc1cc(Cl)ccc1C(=O)OCC(=O)Nc1ccc2ccccc2c1. The van der Waals surface area contributed by atoms with Crippen molar-refractivity contribution in [3.8, 4) is 0 Å². The molecule has 3 aromatic rings. The van der Waals surface area contributed by atoms with E-state index in [1.165, 1.54) is 18.2 Å². The number of nitrogen functional groups attached to an aromatic ring is 1. The Morgan fingerprint density at radius 3 is 2.52 bits per heavy atom. The van der Waals surface area contributed by atoms with Gasteiger partial charge >= 0.3 is 5.97 Å². The van der Waals surface area contributed by atoms with Crippen LogP contribution >= 0.6 is 11.6 Å². The Kier molecular flexibility index (Phi) is 4.86. The molecule has 0 unspecified atom stereocenters. The van der Waals surface area contributed by atoms with Crippen molar-refractivity contribution in [2.24, 2.45) is 0 Å². The number of nitrogens with two attached hydrogens (primary N) is 1. The van der Waals surface area contributed by atoms with E-state index in [9.17, 15) is 9.59 Å². The van der Waals surface area contributed by atoms with Gasteiger partial charge in [-0.15, -0.1) is 0 Å². The van der Waals surface area contributed by atoms with Crippen LogP contribution in [0.2, 0.25) is 5.02 Å². The Morgan fingerprint density at radius 2 is 1.76 bits per heavy atom. The van der Waals surface area contributed by atoms with Crippen LogP contribution in [-0.2, 0) is 9.53 Å². The van der Waals surface area contributed by atoms with Gasteiger partial charge in [0.25, 0.3) is 5.91 Å². The topological polar surface area (TPSA) is 81.4 Å². The van der Waals surface area contributed by atoms with Crippen LogP contribution in [-0.4, -0.2) is 18.5 Å². The van der Waals surface area contributed by atoms with E-state index in [1.807, 2.05) is 36.4 Å². The van der Waals surface area contributed by atoms with Gasteiger partial charge in [-0.1, -0.05) is 41.9 Å². The number of ether oxygens (including phenoxy) is 1. The predicted molar refractivity (Wildman–Crippen MR) is 98.7 cm³/mol. The third-order valence-corrected chi connectivity index (χ3v) is 3.84. The minimum absolute atomic E-state index is 0.169. The molecule has 126 valence electrons. The van der Waals surface area contributed by atoms with Gasteiger partial charge in [0.05, 0.1) is 5.56 Å². The second kappa shape index (κ2) is 7.23. The maximum Gasteiger partial charge on any atom is 0.340 e. The van der Waals surface area contributed by atoms with E-state index in [-0.39, 0.29) is 11.3 Å². The molecule has 25 heavy (non-hydrogen) atoms. The molecule has 0 spiro atoms. The molecule has 6 heteroatoms. The normalized spacial score (nSPS) is 10.4. The summed E-state index contributed by atoms with van der Waals surface area (Å²) in [5.41, 5.74) is 6.72. The maximum atomic E-state index is 12.0. The van der Waals surface area contributed by atoms with E-state index >= 15 is 0 Å². The van der Waals surface area contributed by atoms with Crippen LogP contribution in [0.15, 0.2) is 60.7 Å². The molecule has 5 nitrogen and oxygen atoms in total. The fourth-order valence-electron chi connectivity index (χ4n) is 2.39. The van der Waals surface area contributed by atoms with E-state index in [0.29, 0.717) is 10.7 Å². The highest BCUT2D eigenvalue weighted by atomic mass is 35.5. The summed E-state index contributed by atoms with van der Waals surface area (Å²) in [7, 11) is 0. The molecule has 0 saturated heterocycles. The number of hydrogen-bond donors (Lipinski definition) is 2. The van der Waals surface area contributed by atoms with Gasteiger partial charge in [0.15, 0.2) is 6.61 Å². The van der Waals surface area contributed by atoms with Crippen LogP contribution < -0.4 is 11.1 Å². The molecule has 1 amide bonds. The van der Waals surface area contributed by atoms with E-state index in [2.05, 4.69) is 5.32 Å². The highest BCUT2D eigenvalue weighted by molar-refractivity contribution is 6.31. The number of amides is 1. The predicted octanol–water partition coefficient (Wildman–Crippen LogP) is 3.87. The summed E-state index contributed by atoms with van der Waals surface area (Å²) >= 11 is 5.78. The average molecular weight is 355 g/mol. The first-order chi connectivity index (χ1) is 12.0. The molecular weight excluding hydrogens is 340 g/mol. The first-order valence-corrected chi connectivity index (χ1v) is 7.91. The number of benzene rings is 3. The molecule has 0 aliphatic rings. The molecule has 0 bridgehead atoms. The zero-order valence-corrected chi connectivity index (χ0v) is 13.9. The van der Waals surface area contributed by atoms with Gasteiger partial charge in [-0.3, -0.25) is 4.79 Å². The van der Waals surface area contributed by atoms with Crippen LogP contribution in [0.3, 0.4) is 0 Å². The van der Waals surface area contributed by atoms with E-state index < -0.39 is 18.5 Å². The van der Waals surface area contributed by atoms with Gasteiger partial charge in [-0.05, 0) is 41.1 Å². The zero-order valence-electron chi connectivity index (χ0n) is 13.2. The molecule has 0 fully saturated rings. The van der Waals surface area contributed by atoms with Crippen molar-refractivity contribution in [1.82, 2.24) is 0 Å². The maximum absolute atomic E-state index is 12.0. The molecular formula is C19H15ClN2O3. The van der Waals surface area contributed by atoms with Crippen molar-refractivity contribution in [1.29, 1.82) is 0 Å². The number of hydrogen-bond acceptors (Lipinski definition) is 4. The Bertz CT molecular complexity index is 956. The van der Waals surface area contributed by atoms with Crippen LogP contribution in [0.5, 0.6) is 0 Å². The number of carbonyl (C=O) groups is 2. The Balaban J connectivity index is 1.61. The fraction of sp³-hybridized carbons (Fsp3) is 0.0526. The minimum Gasteiger partial charge on any atom is -0.452 e. The van der Waals surface area contributed by atoms with Gasteiger partial charge in [-0.2, -0.15) is 0 Å². The van der Waals surface area contributed by atoms with Gasteiger partial charge in [0.1, 0.15) is 0 Å². The molecule has 0 atom stereocenters. The number of rotatable bonds is 4. The van der Waals surface area contributed by atoms with E-state index in [4.69, 9.17) is 22.1 Å². The lowest BCUT2D eigenvalue weighted by Crippen LogP contribution is -2.21. The highest BCUT2D eigenvalue weighted by Gasteiger charge is 2.13. The monoisotopic (exact) mass is 354 g/mol. The largest absolute Gasteiger partial charge is 0.452 e. The van der Waals surface area contributed by atoms with Gasteiger partial charge in [0.2, 0.25) is 0 Å². The summed E-state index contributed by atoms with van der Waals surface area (Å²) in [6, 6.07) is 17.8. The van der Waals surface area contributed by atoms with Crippen molar-refractivity contribution in [2.75, 3.05) is 17.7 Å². The smallest absolute Gasteiger partial charge is 0.340 e. The molecule has 0 saturated carbocycles. The Morgan fingerprint density at radius 1 is 1.00 bits per heavy atom. The van der Waals surface area contributed by atoms with Crippen molar-refractivity contribution >= 4 is 45.6 Å². The molecule has 3 N–H and O–H groups in total. The third kappa shape index (κ3) is 4.08. The van der Waals surface area contributed by atoms with E-state index in [0.717, 1.165) is 10.8 Å². The lowest BCUT2D eigenvalue weighted by atomic mass is 10.1. The minimum atomic E-state index is -0.678. The van der Waals surface area contributed by atoms with Crippen LogP contribution in [0.25, 0.3) is 10.8 Å². The molecule has 0 radical (unpaired) electrons. The lowest BCUT2D eigenvalue weighted by molar-refractivity contribution is -0.119. The first kappa shape index (κ1) is 16.8. The number of nitrogens with one attached hydrogen (secondary N) is 1. The standard InChI is InChI=1S/C19H15ClN2O3/c20-14-6-8-16(17(21)10-14)19(24)25-11-18(23)22-15-7-5-12-3-1-2-4-13(12)9-15/h1-10H,11,21H2,(H,22,23). The number of anilines is 2. The van der Waals surface area contributed by atoms with E-state index in [1.54, 1.807) is 6.07 Å². The van der Waals surface area contributed by atoms with Gasteiger partial charge in [-0.25, -0.2) is 4.79 Å². The number of fused-ring (bicyclic) bond motifs is 1. The second-order valence-corrected chi connectivity index (χ2v) is 5.85. The van der Waals surface area contributed by atoms with Gasteiger partial charge in [0, 0.05) is 16.4 Å². The molecule has 0 aromatic heterocycles. The van der Waals surface area contributed by atoms with Crippen molar-refractivity contribution in [3.63, 3.8) is 0 Å². The van der Waals surface area contributed by atoms with Crippen LogP contribution in [0.1, 0.15) is 10.4 Å². The first-order valence-electron chi connectivity index (χ1n) is 7.54. The highest BCUT2D eigenvalue weighted by Crippen LogP contribution is 2.20. The lowest BCUT2D eigenvalue weighted by Gasteiger charge is -2.09. The number of halogens is 1. The Labute approximate surface area is 149 Å². The summed E-state index contributed by atoms with van der Waals surface area (Å²) in [4.78, 5) is 24.0. The summed E-state index contributed by atoms with van der Waals surface area (Å²) in [6.07, 6.45) is 0. The molecule has 3 rings (SSSR count). The summed E-state index contributed by atoms with van der Waals surface area (Å²) in [5, 5.41) is 5.20. The van der Waals surface area contributed by atoms with Crippen LogP contribution in [0.4, 0.5) is 11.4 Å². The third-order valence-electron chi connectivity index (χ3n) is 3.60. The summed E-state index contributed by atoms with van der Waals surface area (Å²) in [6.45, 7) is -0.409. The second-order valence-electron chi connectivity index (χ2n) is 5.42. The summed E-state index contributed by atoms with van der Waals surface area (Å²) < 4.78 is 5.00. The quantitative estimate of drug-likeness (QED) is 0.550. The summed E-state index contributed by atoms with van der Waals surface area (Å²) in [5.74, 6) is -1.11. The average Bonchev–Trinajstić information content (AvgIpc) is 2.59. The molecule has 0 heterocycles. The molecule has 3 aromatic carbocycles. The Hall–Kier alpha value is -3.05.